The zero-order valence-electron chi connectivity index (χ0n) is 9.97. The molecule has 5 heteroatoms. The molecule has 1 aromatic carbocycles. The summed E-state index contributed by atoms with van der Waals surface area (Å²) in [5.74, 6) is 0. The minimum absolute atomic E-state index is 0.130. The molecule has 0 aliphatic carbocycles. The van der Waals surface area contributed by atoms with Gasteiger partial charge in [-0.3, -0.25) is 4.18 Å². The highest BCUT2D eigenvalue weighted by Gasteiger charge is 2.26. The van der Waals surface area contributed by atoms with Gasteiger partial charge >= 0.3 is 0 Å². The fourth-order valence-electron chi connectivity index (χ4n) is 2.06. The molecule has 1 saturated heterocycles. The average Bonchev–Trinajstić information content (AvgIpc) is 2.82. The zero-order chi connectivity index (χ0) is 12.5. The van der Waals surface area contributed by atoms with E-state index in [4.69, 9.17) is 4.74 Å². The molecule has 1 aromatic rings. The molecule has 0 spiro atoms. The summed E-state index contributed by atoms with van der Waals surface area (Å²) in [4.78, 5) is 0.220. The Bertz CT molecular complexity index is 501. The smallest absolute Gasteiger partial charge is 0.297 e. The second kappa shape index (κ2) is 4.76. The van der Waals surface area contributed by atoms with E-state index in [1.54, 1.807) is 12.1 Å². The Kier molecular flexibility index (Phi) is 3.51. The molecule has 1 atom stereocenters. The first-order valence-electron chi connectivity index (χ1n) is 5.57. The van der Waals surface area contributed by atoms with Crippen molar-refractivity contribution >= 4 is 10.1 Å². The quantitative estimate of drug-likeness (QED) is 0.778. The summed E-state index contributed by atoms with van der Waals surface area (Å²) >= 11 is 0. The van der Waals surface area contributed by atoms with Crippen molar-refractivity contribution in [2.75, 3.05) is 13.7 Å². The van der Waals surface area contributed by atoms with Gasteiger partial charge in [-0.1, -0.05) is 17.7 Å². The third-order valence-electron chi connectivity index (χ3n) is 2.93. The second-order valence-electron chi connectivity index (χ2n) is 4.16. The third kappa shape index (κ3) is 2.51. The zero-order valence-corrected chi connectivity index (χ0v) is 10.8. The predicted molar refractivity (Wildman–Crippen MR) is 63.3 cm³/mol. The van der Waals surface area contributed by atoms with Crippen LogP contribution in [0.3, 0.4) is 0 Å². The summed E-state index contributed by atoms with van der Waals surface area (Å²) in [5.41, 5.74) is 1.73. The van der Waals surface area contributed by atoms with Crippen LogP contribution in [0.1, 0.15) is 30.1 Å². The molecule has 94 valence electrons. The lowest BCUT2D eigenvalue weighted by Gasteiger charge is -2.15. The van der Waals surface area contributed by atoms with Gasteiger partial charge in [-0.15, -0.1) is 0 Å². The molecule has 0 N–H and O–H groups in total. The molecule has 1 fully saturated rings. The molecule has 0 aromatic heterocycles. The summed E-state index contributed by atoms with van der Waals surface area (Å²) in [7, 11) is -2.49. The van der Waals surface area contributed by atoms with Crippen molar-refractivity contribution in [1.82, 2.24) is 0 Å². The highest BCUT2D eigenvalue weighted by Crippen LogP contribution is 2.33. The molecular weight excluding hydrogens is 240 g/mol. The van der Waals surface area contributed by atoms with Crippen molar-refractivity contribution in [3.8, 4) is 0 Å². The molecule has 17 heavy (non-hydrogen) atoms. The maximum Gasteiger partial charge on any atom is 0.297 e. The first kappa shape index (κ1) is 12.5. The van der Waals surface area contributed by atoms with Gasteiger partial charge in [-0.05, 0) is 25.8 Å². The van der Waals surface area contributed by atoms with Crippen molar-refractivity contribution in [2.45, 2.75) is 30.8 Å². The van der Waals surface area contributed by atoms with Crippen LogP contribution in [-0.2, 0) is 19.0 Å². The van der Waals surface area contributed by atoms with Crippen molar-refractivity contribution in [1.29, 1.82) is 0 Å². The van der Waals surface area contributed by atoms with Crippen molar-refractivity contribution in [2.24, 2.45) is 0 Å². The molecule has 0 unspecified atom stereocenters. The largest absolute Gasteiger partial charge is 0.373 e. The molecule has 1 heterocycles. The highest BCUT2D eigenvalue weighted by atomic mass is 32.2. The first-order chi connectivity index (χ1) is 8.04. The van der Waals surface area contributed by atoms with E-state index < -0.39 is 10.1 Å². The molecular formula is C12H16O4S. The monoisotopic (exact) mass is 256 g/mol. The van der Waals surface area contributed by atoms with E-state index in [2.05, 4.69) is 4.18 Å². The normalized spacial score (nSPS) is 20.7. The molecule has 1 aliphatic heterocycles. The predicted octanol–water partition coefficient (Wildman–Crippen LogP) is 2.18. The van der Waals surface area contributed by atoms with E-state index in [0.717, 1.165) is 18.4 Å². The van der Waals surface area contributed by atoms with Crippen LogP contribution in [0.25, 0.3) is 0 Å². The Morgan fingerprint density at radius 2 is 2.18 bits per heavy atom. The van der Waals surface area contributed by atoms with Gasteiger partial charge in [0.1, 0.15) is 0 Å². The van der Waals surface area contributed by atoms with Crippen molar-refractivity contribution < 1.29 is 17.3 Å². The highest BCUT2D eigenvalue weighted by molar-refractivity contribution is 7.86. The van der Waals surface area contributed by atoms with Gasteiger partial charge in [0.05, 0.1) is 18.1 Å². The number of ether oxygens (including phenoxy) is 1. The lowest BCUT2D eigenvalue weighted by Crippen LogP contribution is -2.09. The van der Waals surface area contributed by atoms with Crippen molar-refractivity contribution in [3.63, 3.8) is 0 Å². The van der Waals surface area contributed by atoms with E-state index in [0.29, 0.717) is 12.2 Å². The SMILES string of the molecule is COS(=O)(=O)c1ccc(C)cc1[C@H]1CCCO1. The summed E-state index contributed by atoms with van der Waals surface area (Å²) in [6.07, 6.45) is 1.69. The molecule has 0 amide bonds. The van der Waals surface area contributed by atoms with Crippen LogP contribution in [0.15, 0.2) is 23.1 Å². The van der Waals surface area contributed by atoms with E-state index in [-0.39, 0.29) is 11.0 Å². The van der Waals surface area contributed by atoms with Crippen LogP contribution < -0.4 is 0 Å². The van der Waals surface area contributed by atoms with Gasteiger partial charge in [-0.25, -0.2) is 0 Å². The fraction of sp³-hybridized carbons (Fsp3) is 0.500. The van der Waals surface area contributed by atoms with Crippen LogP contribution in [0.5, 0.6) is 0 Å². The number of hydrogen-bond donors (Lipinski definition) is 0. The van der Waals surface area contributed by atoms with Gasteiger partial charge in [0.2, 0.25) is 0 Å². The number of benzene rings is 1. The Balaban J connectivity index is 2.51. The minimum Gasteiger partial charge on any atom is -0.373 e. The summed E-state index contributed by atoms with van der Waals surface area (Å²) in [5, 5.41) is 0. The lowest BCUT2D eigenvalue weighted by atomic mass is 10.0. The Hall–Kier alpha value is -0.910. The molecule has 0 saturated carbocycles. The summed E-state index contributed by atoms with van der Waals surface area (Å²) in [6.45, 7) is 2.62. The van der Waals surface area contributed by atoms with Crippen molar-refractivity contribution in [3.05, 3.63) is 29.3 Å². The summed E-state index contributed by atoms with van der Waals surface area (Å²) in [6, 6.07) is 5.22. The Morgan fingerprint density at radius 1 is 1.41 bits per heavy atom. The van der Waals surface area contributed by atoms with Gasteiger partial charge in [-0.2, -0.15) is 8.42 Å². The van der Waals surface area contributed by atoms with Gasteiger partial charge in [0, 0.05) is 12.2 Å². The third-order valence-corrected chi connectivity index (χ3v) is 4.28. The van der Waals surface area contributed by atoms with E-state index >= 15 is 0 Å². The molecule has 2 rings (SSSR count). The lowest BCUT2D eigenvalue weighted by molar-refractivity contribution is 0.109. The van der Waals surface area contributed by atoms with Crippen LogP contribution in [0.2, 0.25) is 0 Å². The van der Waals surface area contributed by atoms with Crippen LogP contribution in [-0.4, -0.2) is 22.1 Å². The molecule has 4 nitrogen and oxygen atoms in total. The second-order valence-corrected chi connectivity index (χ2v) is 5.85. The summed E-state index contributed by atoms with van der Waals surface area (Å²) < 4.78 is 33.8. The topological polar surface area (TPSA) is 52.6 Å². The van der Waals surface area contributed by atoms with Crippen LogP contribution in [0, 0.1) is 6.92 Å². The van der Waals surface area contributed by atoms with Crippen LogP contribution >= 0.6 is 0 Å². The first-order valence-corrected chi connectivity index (χ1v) is 6.98. The van der Waals surface area contributed by atoms with Gasteiger partial charge in [0.15, 0.2) is 0 Å². The number of aryl methyl sites for hydroxylation is 1. The van der Waals surface area contributed by atoms with Gasteiger partial charge < -0.3 is 4.74 Å². The van der Waals surface area contributed by atoms with Crippen LogP contribution in [0.4, 0.5) is 0 Å². The number of rotatable bonds is 3. The van der Waals surface area contributed by atoms with E-state index in [1.165, 1.54) is 7.11 Å². The number of hydrogen-bond acceptors (Lipinski definition) is 4. The van der Waals surface area contributed by atoms with Gasteiger partial charge in [0.25, 0.3) is 10.1 Å². The Morgan fingerprint density at radius 3 is 2.76 bits per heavy atom. The Labute approximate surface area is 102 Å². The molecule has 0 bridgehead atoms. The fourth-order valence-corrected chi connectivity index (χ4v) is 2.95. The maximum atomic E-state index is 11.8. The molecule has 1 aliphatic rings. The minimum atomic E-state index is -3.66. The maximum absolute atomic E-state index is 11.8. The molecule has 0 radical (unpaired) electrons. The average molecular weight is 256 g/mol. The van der Waals surface area contributed by atoms with E-state index in [9.17, 15) is 8.42 Å². The standard InChI is InChI=1S/C12H16O4S/c1-9-5-6-12(17(13,14)15-2)10(8-9)11-4-3-7-16-11/h5-6,8,11H,3-4,7H2,1-2H3/t11-/m1/s1. The van der Waals surface area contributed by atoms with E-state index in [1.807, 2.05) is 13.0 Å².